The van der Waals surface area contributed by atoms with Crippen molar-refractivity contribution in [3.05, 3.63) is 57.6 Å². The van der Waals surface area contributed by atoms with Crippen molar-refractivity contribution >= 4 is 11.6 Å². The molecule has 0 fully saturated rings. The Kier molecular flexibility index (Phi) is 2.87. The largest absolute Gasteiger partial charge is 0.309 e. The summed E-state index contributed by atoms with van der Waals surface area (Å²) in [6, 6.07) is 11.4. The minimum absolute atomic E-state index is 0.464. The molecule has 1 atom stereocenters. The monoisotopic (exact) mass is 283 g/mol. The lowest BCUT2D eigenvalue weighted by molar-refractivity contribution is 0.498. The van der Waals surface area contributed by atoms with Crippen molar-refractivity contribution in [2.24, 2.45) is 0 Å². The van der Waals surface area contributed by atoms with Crippen molar-refractivity contribution in [3.63, 3.8) is 0 Å². The van der Waals surface area contributed by atoms with Crippen LogP contribution in [0.15, 0.2) is 30.3 Å². The molecule has 0 amide bonds. The maximum atomic E-state index is 6.54. The first-order valence-electron chi connectivity index (χ1n) is 7.45. The SMILES string of the molecule is CCc1ccc2c3c1-c1c(Cl)cccc1CC3NCC2. The number of fused-ring (bicyclic) bond motifs is 2. The highest BCUT2D eigenvalue weighted by atomic mass is 35.5. The molecule has 0 saturated carbocycles. The van der Waals surface area contributed by atoms with Crippen LogP contribution in [0.4, 0.5) is 0 Å². The summed E-state index contributed by atoms with van der Waals surface area (Å²) in [5.41, 5.74) is 8.52. The van der Waals surface area contributed by atoms with Gasteiger partial charge in [-0.2, -0.15) is 0 Å². The van der Waals surface area contributed by atoms with Crippen molar-refractivity contribution in [3.8, 4) is 11.1 Å². The summed E-state index contributed by atoms with van der Waals surface area (Å²) in [6.07, 6.45) is 3.24. The minimum atomic E-state index is 0.464. The van der Waals surface area contributed by atoms with Gasteiger partial charge in [0.25, 0.3) is 0 Å². The lowest BCUT2D eigenvalue weighted by atomic mass is 9.76. The Bertz CT molecular complexity index is 690. The normalized spacial score (nSPS) is 19.4. The van der Waals surface area contributed by atoms with Gasteiger partial charge in [0, 0.05) is 16.6 Å². The average molecular weight is 284 g/mol. The van der Waals surface area contributed by atoms with Crippen LogP contribution in [0.3, 0.4) is 0 Å². The molecule has 0 saturated heterocycles. The number of rotatable bonds is 1. The Labute approximate surface area is 125 Å². The first-order chi connectivity index (χ1) is 9.79. The third-order valence-corrected chi connectivity index (χ3v) is 5.03. The molecule has 1 unspecified atom stereocenters. The highest BCUT2D eigenvalue weighted by Gasteiger charge is 2.31. The van der Waals surface area contributed by atoms with Gasteiger partial charge in [-0.05, 0) is 59.7 Å². The highest BCUT2D eigenvalue weighted by molar-refractivity contribution is 6.33. The molecule has 102 valence electrons. The van der Waals surface area contributed by atoms with Crippen LogP contribution in [0.25, 0.3) is 11.1 Å². The fourth-order valence-corrected chi connectivity index (χ4v) is 4.10. The van der Waals surface area contributed by atoms with Crippen LogP contribution in [0.5, 0.6) is 0 Å². The maximum Gasteiger partial charge on any atom is 0.0487 e. The molecule has 1 heterocycles. The number of benzene rings is 2. The molecule has 0 bridgehead atoms. The Balaban J connectivity index is 2.09. The van der Waals surface area contributed by atoms with E-state index < -0.39 is 0 Å². The van der Waals surface area contributed by atoms with E-state index in [1.54, 1.807) is 0 Å². The van der Waals surface area contributed by atoms with Crippen molar-refractivity contribution in [2.75, 3.05) is 6.54 Å². The van der Waals surface area contributed by atoms with Crippen LogP contribution < -0.4 is 5.32 Å². The van der Waals surface area contributed by atoms with Crippen LogP contribution in [0, 0.1) is 0 Å². The maximum absolute atomic E-state index is 6.54. The molecule has 2 heteroatoms. The zero-order valence-electron chi connectivity index (χ0n) is 11.7. The second-order valence-corrected chi connectivity index (χ2v) is 6.17. The Morgan fingerprint density at radius 1 is 1.15 bits per heavy atom. The molecule has 4 rings (SSSR count). The molecular weight excluding hydrogens is 266 g/mol. The van der Waals surface area contributed by atoms with E-state index in [0.717, 1.165) is 30.8 Å². The Hall–Kier alpha value is -1.31. The van der Waals surface area contributed by atoms with Gasteiger partial charge in [-0.25, -0.2) is 0 Å². The van der Waals surface area contributed by atoms with E-state index in [9.17, 15) is 0 Å². The van der Waals surface area contributed by atoms with Gasteiger partial charge in [0.1, 0.15) is 0 Å². The molecule has 0 aromatic heterocycles. The third kappa shape index (κ3) is 1.66. The lowest BCUT2D eigenvalue weighted by Crippen LogP contribution is -2.34. The van der Waals surface area contributed by atoms with E-state index in [1.807, 2.05) is 6.07 Å². The molecule has 0 radical (unpaired) electrons. The summed E-state index contributed by atoms with van der Waals surface area (Å²) in [5, 5.41) is 4.58. The summed E-state index contributed by atoms with van der Waals surface area (Å²) in [7, 11) is 0. The molecule has 0 spiro atoms. The fraction of sp³-hybridized carbons (Fsp3) is 0.333. The molecule has 1 aliphatic heterocycles. The Morgan fingerprint density at radius 2 is 2.05 bits per heavy atom. The molecule has 20 heavy (non-hydrogen) atoms. The van der Waals surface area contributed by atoms with Gasteiger partial charge in [0.15, 0.2) is 0 Å². The predicted octanol–water partition coefficient (Wildman–Crippen LogP) is 4.31. The molecule has 1 N–H and O–H groups in total. The number of hydrogen-bond donors (Lipinski definition) is 1. The molecule has 2 aromatic rings. The minimum Gasteiger partial charge on any atom is -0.309 e. The second-order valence-electron chi connectivity index (χ2n) is 5.76. The van der Waals surface area contributed by atoms with Gasteiger partial charge in [-0.3, -0.25) is 0 Å². The smallest absolute Gasteiger partial charge is 0.0487 e. The van der Waals surface area contributed by atoms with E-state index in [-0.39, 0.29) is 0 Å². The quantitative estimate of drug-likeness (QED) is 0.822. The summed E-state index contributed by atoms with van der Waals surface area (Å²) >= 11 is 6.54. The number of hydrogen-bond acceptors (Lipinski definition) is 1. The second kappa shape index (κ2) is 4.61. The zero-order valence-corrected chi connectivity index (χ0v) is 12.4. The topological polar surface area (TPSA) is 12.0 Å². The number of halogens is 1. The van der Waals surface area contributed by atoms with Crippen LogP contribution in [0.1, 0.15) is 35.2 Å². The standard InChI is InChI=1S/C18H18ClN/c1-2-11-6-7-12-8-9-20-15-10-13-4-3-5-14(19)16(13)18(11)17(12)15/h3-7,15,20H,2,8-10H2,1H3. The van der Waals surface area contributed by atoms with Gasteiger partial charge < -0.3 is 5.32 Å². The van der Waals surface area contributed by atoms with Crippen molar-refractivity contribution in [1.82, 2.24) is 5.32 Å². The van der Waals surface area contributed by atoms with Crippen LogP contribution >= 0.6 is 11.6 Å². The molecular formula is C18H18ClN. The van der Waals surface area contributed by atoms with Crippen molar-refractivity contribution in [1.29, 1.82) is 0 Å². The first kappa shape index (κ1) is 12.4. The van der Waals surface area contributed by atoms with E-state index >= 15 is 0 Å². The Morgan fingerprint density at radius 3 is 2.90 bits per heavy atom. The average Bonchev–Trinajstić information content (AvgIpc) is 2.48. The van der Waals surface area contributed by atoms with E-state index in [1.165, 1.54) is 33.4 Å². The highest BCUT2D eigenvalue weighted by Crippen LogP contribution is 2.46. The van der Waals surface area contributed by atoms with E-state index in [2.05, 4.69) is 36.5 Å². The third-order valence-electron chi connectivity index (χ3n) is 4.71. The van der Waals surface area contributed by atoms with Gasteiger partial charge in [-0.15, -0.1) is 0 Å². The van der Waals surface area contributed by atoms with Gasteiger partial charge >= 0.3 is 0 Å². The van der Waals surface area contributed by atoms with Crippen LogP contribution in [-0.2, 0) is 19.3 Å². The molecule has 1 aliphatic carbocycles. The summed E-state index contributed by atoms with van der Waals surface area (Å²) in [5.74, 6) is 0. The van der Waals surface area contributed by atoms with E-state index in [0.29, 0.717) is 6.04 Å². The molecule has 1 nitrogen and oxygen atoms in total. The summed E-state index contributed by atoms with van der Waals surface area (Å²) in [6.45, 7) is 3.31. The predicted molar refractivity (Wildman–Crippen MR) is 84.4 cm³/mol. The summed E-state index contributed by atoms with van der Waals surface area (Å²) in [4.78, 5) is 0. The van der Waals surface area contributed by atoms with Crippen molar-refractivity contribution < 1.29 is 0 Å². The molecule has 2 aliphatic rings. The number of nitrogens with one attached hydrogen (secondary N) is 1. The zero-order chi connectivity index (χ0) is 13.7. The van der Waals surface area contributed by atoms with Crippen LogP contribution in [-0.4, -0.2) is 6.54 Å². The summed E-state index contributed by atoms with van der Waals surface area (Å²) < 4.78 is 0. The van der Waals surface area contributed by atoms with Gasteiger partial charge in [0.05, 0.1) is 0 Å². The van der Waals surface area contributed by atoms with Gasteiger partial charge in [-0.1, -0.05) is 42.8 Å². The number of aryl methyl sites for hydroxylation is 1. The first-order valence-corrected chi connectivity index (χ1v) is 7.83. The fourth-order valence-electron chi connectivity index (χ4n) is 3.81. The molecule has 2 aromatic carbocycles. The van der Waals surface area contributed by atoms with Crippen molar-refractivity contribution in [2.45, 2.75) is 32.2 Å². The van der Waals surface area contributed by atoms with Crippen LogP contribution in [0.2, 0.25) is 5.02 Å². The lowest BCUT2D eigenvalue weighted by Gasteiger charge is -2.36. The van der Waals surface area contributed by atoms with Gasteiger partial charge in [0.2, 0.25) is 0 Å². The van der Waals surface area contributed by atoms with E-state index in [4.69, 9.17) is 11.6 Å².